The van der Waals surface area contributed by atoms with Crippen LogP contribution in [0.5, 0.6) is 0 Å². The first kappa shape index (κ1) is 9.94. The number of benzene rings is 1. The monoisotopic (exact) mass is 149 g/mol. The zero-order valence-electron chi connectivity index (χ0n) is 6.14. The molecule has 0 fully saturated rings. The lowest BCUT2D eigenvalue weighted by molar-refractivity contribution is 0.448. The molecular weight excluding hydrogens is 139 g/mol. The minimum absolute atomic E-state index is 0. The molecule has 2 nitrogen and oxygen atoms in total. The highest BCUT2D eigenvalue weighted by Crippen LogP contribution is 1.97. The van der Waals surface area contributed by atoms with Gasteiger partial charge in [0, 0.05) is 0 Å². The molecule has 0 spiro atoms. The van der Waals surface area contributed by atoms with Gasteiger partial charge in [-0.15, -0.1) is 0 Å². The second-order valence-electron chi connectivity index (χ2n) is 1.73. The maximum absolute atomic E-state index is 7.00. The van der Waals surface area contributed by atoms with Crippen LogP contribution in [0.2, 0.25) is 0 Å². The maximum atomic E-state index is 7.00. The van der Waals surface area contributed by atoms with Crippen molar-refractivity contribution in [3.63, 3.8) is 0 Å². The van der Waals surface area contributed by atoms with Crippen LogP contribution >= 0.6 is 0 Å². The van der Waals surface area contributed by atoms with E-state index in [4.69, 9.17) is 10.0 Å². The average molecular weight is 149 g/mol. The van der Waals surface area contributed by atoms with Crippen LogP contribution in [0, 0.1) is 0 Å². The third-order valence-electron chi connectivity index (χ3n) is 1.04. The van der Waals surface area contributed by atoms with E-state index in [0.29, 0.717) is 0 Å². The minimum atomic E-state index is 0. The molecule has 57 valence electrons. The lowest BCUT2D eigenvalue weighted by atomic mass is 10.2. The predicted molar refractivity (Wildman–Crippen MR) is 46.7 cm³/mol. The van der Waals surface area contributed by atoms with E-state index in [9.17, 15) is 0 Å². The highest BCUT2D eigenvalue weighted by molar-refractivity contribution is 6.13. The highest BCUT2D eigenvalue weighted by Gasteiger charge is 1.75. The van der Waals surface area contributed by atoms with Crippen molar-refractivity contribution in [3.05, 3.63) is 42.5 Å². The van der Waals surface area contributed by atoms with Gasteiger partial charge in [-0.3, -0.25) is 0 Å². The predicted octanol–water partition coefficient (Wildman–Crippen LogP) is 0.835. The first-order chi connectivity index (χ1) is 5.35. The smallest absolute Gasteiger partial charge is 0.429 e. The summed E-state index contributed by atoms with van der Waals surface area (Å²) in [6.45, 7) is 3.63. The molecular formula is C8H10BO2. The summed E-state index contributed by atoms with van der Waals surface area (Å²) in [6, 6.07) is 10.0. The molecule has 0 aliphatic heterocycles. The summed E-state index contributed by atoms with van der Waals surface area (Å²) >= 11 is 0. The van der Waals surface area contributed by atoms with Crippen molar-refractivity contribution in [3.8, 4) is 0 Å². The molecule has 11 heavy (non-hydrogen) atoms. The Morgan fingerprint density at radius 2 is 1.64 bits per heavy atom. The van der Waals surface area contributed by atoms with Crippen LogP contribution < -0.4 is 0 Å². The van der Waals surface area contributed by atoms with Gasteiger partial charge in [-0.25, -0.2) is 0 Å². The molecule has 1 aromatic carbocycles. The first-order valence-corrected chi connectivity index (χ1v) is 3.12. The normalized spacial score (nSPS) is 7.45. The van der Waals surface area contributed by atoms with Gasteiger partial charge in [0.2, 0.25) is 0 Å². The molecule has 3 heteroatoms. The molecule has 1 rings (SSSR count). The van der Waals surface area contributed by atoms with Gasteiger partial charge in [0.15, 0.2) is 0 Å². The van der Waals surface area contributed by atoms with Crippen LogP contribution in [-0.4, -0.2) is 17.7 Å². The summed E-state index contributed by atoms with van der Waals surface area (Å²) in [6.07, 6.45) is 1.83. The third kappa shape index (κ3) is 5.39. The molecule has 0 saturated carbocycles. The Hall–Kier alpha value is -1.06. The number of hydrogen-bond acceptors (Lipinski definition) is 2. The quantitative estimate of drug-likeness (QED) is 0.580. The van der Waals surface area contributed by atoms with Crippen molar-refractivity contribution in [2.24, 2.45) is 0 Å². The Kier molecular flexibility index (Phi) is 6.38. The number of rotatable bonds is 1. The van der Waals surface area contributed by atoms with Gasteiger partial charge in [0.25, 0.3) is 0 Å². The lowest BCUT2D eigenvalue weighted by Gasteiger charge is -1.85. The fourth-order valence-corrected chi connectivity index (χ4v) is 0.589. The van der Waals surface area contributed by atoms with Crippen LogP contribution in [0.25, 0.3) is 6.08 Å². The molecule has 0 heterocycles. The molecule has 0 bridgehead atoms. The van der Waals surface area contributed by atoms with Crippen molar-refractivity contribution in [1.82, 2.24) is 0 Å². The molecule has 1 aromatic rings. The molecule has 0 aliphatic rings. The standard InChI is InChI=1S/C8H8.BH2O2/c1-2-8-6-4-3-5-7-8;2-1-3/h2-7H,1H2;2-3H. The first-order valence-electron chi connectivity index (χ1n) is 3.12. The minimum Gasteiger partial charge on any atom is -0.429 e. The van der Waals surface area contributed by atoms with E-state index in [1.165, 1.54) is 5.56 Å². The van der Waals surface area contributed by atoms with E-state index >= 15 is 0 Å². The van der Waals surface area contributed by atoms with Crippen LogP contribution in [0.3, 0.4) is 0 Å². The maximum Gasteiger partial charge on any atom is 0.482 e. The molecule has 0 unspecified atom stereocenters. The second-order valence-corrected chi connectivity index (χ2v) is 1.73. The Morgan fingerprint density at radius 3 is 1.91 bits per heavy atom. The Balaban J connectivity index is 0.000000292. The van der Waals surface area contributed by atoms with Crippen molar-refractivity contribution in [2.75, 3.05) is 0 Å². The summed E-state index contributed by atoms with van der Waals surface area (Å²) in [4.78, 5) is 0. The van der Waals surface area contributed by atoms with Gasteiger partial charge >= 0.3 is 7.69 Å². The number of hydrogen-bond donors (Lipinski definition) is 2. The Labute approximate surface area is 67.1 Å². The fourth-order valence-electron chi connectivity index (χ4n) is 0.589. The summed E-state index contributed by atoms with van der Waals surface area (Å²) in [5, 5.41) is 14.0. The second kappa shape index (κ2) is 7.06. The molecule has 0 saturated heterocycles. The van der Waals surface area contributed by atoms with Crippen LogP contribution in [0.1, 0.15) is 5.56 Å². The summed E-state index contributed by atoms with van der Waals surface area (Å²) in [7, 11) is 0. The molecule has 0 atom stereocenters. The van der Waals surface area contributed by atoms with Gasteiger partial charge in [-0.05, 0) is 5.56 Å². The summed E-state index contributed by atoms with van der Waals surface area (Å²) in [5.41, 5.74) is 1.17. The molecule has 0 aliphatic carbocycles. The van der Waals surface area contributed by atoms with E-state index in [-0.39, 0.29) is 7.69 Å². The largest absolute Gasteiger partial charge is 0.482 e. The molecule has 2 N–H and O–H groups in total. The van der Waals surface area contributed by atoms with Gasteiger partial charge in [-0.1, -0.05) is 43.0 Å². The van der Waals surface area contributed by atoms with Gasteiger partial charge < -0.3 is 10.0 Å². The van der Waals surface area contributed by atoms with Crippen molar-refractivity contribution in [2.45, 2.75) is 0 Å². The van der Waals surface area contributed by atoms with E-state index in [2.05, 4.69) is 6.58 Å². The molecule has 1 radical (unpaired) electrons. The summed E-state index contributed by atoms with van der Waals surface area (Å²) in [5.74, 6) is 0. The van der Waals surface area contributed by atoms with Crippen LogP contribution in [0.4, 0.5) is 0 Å². The zero-order chi connectivity index (χ0) is 8.53. The third-order valence-corrected chi connectivity index (χ3v) is 1.04. The SMILES string of the molecule is C=Cc1ccccc1.O[B]O. The van der Waals surface area contributed by atoms with E-state index < -0.39 is 0 Å². The van der Waals surface area contributed by atoms with Crippen molar-refractivity contribution in [1.29, 1.82) is 0 Å². The molecule has 0 amide bonds. The lowest BCUT2D eigenvalue weighted by Crippen LogP contribution is -1.75. The van der Waals surface area contributed by atoms with Crippen LogP contribution in [0.15, 0.2) is 36.9 Å². The van der Waals surface area contributed by atoms with E-state index in [1.807, 2.05) is 36.4 Å². The van der Waals surface area contributed by atoms with E-state index in [0.717, 1.165) is 0 Å². The Morgan fingerprint density at radius 1 is 1.18 bits per heavy atom. The zero-order valence-corrected chi connectivity index (χ0v) is 6.14. The fraction of sp³-hybridized carbons (Fsp3) is 0. The highest BCUT2D eigenvalue weighted by atomic mass is 16.4. The van der Waals surface area contributed by atoms with Crippen molar-refractivity contribution >= 4 is 13.8 Å². The topological polar surface area (TPSA) is 40.5 Å². The van der Waals surface area contributed by atoms with E-state index in [1.54, 1.807) is 0 Å². The van der Waals surface area contributed by atoms with Crippen LogP contribution in [-0.2, 0) is 0 Å². The summed E-state index contributed by atoms with van der Waals surface area (Å²) < 4.78 is 0. The van der Waals surface area contributed by atoms with Gasteiger partial charge in [-0.2, -0.15) is 0 Å². The Bertz CT molecular complexity index is 187. The molecule has 0 aromatic heterocycles. The van der Waals surface area contributed by atoms with Gasteiger partial charge in [0.1, 0.15) is 0 Å². The van der Waals surface area contributed by atoms with Crippen molar-refractivity contribution < 1.29 is 10.0 Å². The average Bonchev–Trinajstić information content (AvgIpc) is 2.08. The van der Waals surface area contributed by atoms with Gasteiger partial charge in [0.05, 0.1) is 0 Å².